The first-order valence-electron chi connectivity index (χ1n) is 6.66. The van der Waals surface area contributed by atoms with Gasteiger partial charge in [0.15, 0.2) is 0 Å². The fraction of sp³-hybridized carbons (Fsp3) is 0.600. The highest BCUT2D eigenvalue weighted by Gasteiger charge is 2.20. The Balaban J connectivity index is 1.87. The summed E-state index contributed by atoms with van der Waals surface area (Å²) >= 11 is 0. The summed E-state index contributed by atoms with van der Waals surface area (Å²) in [7, 11) is 2.19. The molecule has 0 radical (unpaired) electrons. The molecular formula is C15H24N2. The van der Waals surface area contributed by atoms with Gasteiger partial charge in [-0.3, -0.25) is 0 Å². The quantitative estimate of drug-likeness (QED) is 0.846. The van der Waals surface area contributed by atoms with Crippen LogP contribution in [0.25, 0.3) is 0 Å². The number of nitrogens with zero attached hydrogens (tertiary/aromatic N) is 1. The summed E-state index contributed by atoms with van der Waals surface area (Å²) in [5, 5.41) is 0. The predicted octanol–water partition coefficient (Wildman–Crippen LogP) is 2.73. The normalized spacial score (nSPS) is 18.1. The van der Waals surface area contributed by atoms with Crippen molar-refractivity contribution in [2.75, 3.05) is 20.1 Å². The van der Waals surface area contributed by atoms with Crippen molar-refractivity contribution in [3.63, 3.8) is 0 Å². The predicted molar refractivity (Wildman–Crippen MR) is 72.9 cm³/mol. The highest BCUT2D eigenvalue weighted by atomic mass is 15.1. The van der Waals surface area contributed by atoms with E-state index >= 15 is 0 Å². The molecule has 0 aromatic heterocycles. The standard InChI is InChI=1S/C15H24N2/c1-12-6-3-4-9-14(12)15(16)11-17(2)10-13-7-5-8-13/h3-4,6,9,13,15H,5,7-8,10-11,16H2,1-2H3. The summed E-state index contributed by atoms with van der Waals surface area (Å²) in [5.41, 5.74) is 8.88. The molecule has 2 nitrogen and oxygen atoms in total. The molecule has 1 aromatic rings. The summed E-state index contributed by atoms with van der Waals surface area (Å²) in [6, 6.07) is 8.58. The first-order valence-corrected chi connectivity index (χ1v) is 6.66. The zero-order chi connectivity index (χ0) is 12.3. The second kappa shape index (κ2) is 5.65. The van der Waals surface area contributed by atoms with E-state index in [-0.39, 0.29) is 6.04 Å². The van der Waals surface area contributed by atoms with E-state index in [1.165, 1.54) is 36.9 Å². The van der Waals surface area contributed by atoms with Gasteiger partial charge in [0.05, 0.1) is 0 Å². The lowest BCUT2D eigenvalue weighted by Crippen LogP contribution is -2.35. The third-order valence-corrected chi connectivity index (χ3v) is 3.89. The SMILES string of the molecule is Cc1ccccc1C(N)CN(C)CC1CCC1. The molecule has 1 saturated carbocycles. The molecule has 0 saturated heterocycles. The first-order chi connectivity index (χ1) is 8.16. The van der Waals surface area contributed by atoms with E-state index in [0.29, 0.717) is 0 Å². The largest absolute Gasteiger partial charge is 0.323 e. The van der Waals surface area contributed by atoms with Gasteiger partial charge in [-0.25, -0.2) is 0 Å². The number of rotatable bonds is 5. The van der Waals surface area contributed by atoms with Crippen molar-refractivity contribution in [2.45, 2.75) is 32.2 Å². The van der Waals surface area contributed by atoms with Crippen molar-refractivity contribution in [3.8, 4) is 0 Å². The molecule has 17 heavy (non-hydrogen) atoms. The maximum atomic E-state index is 6.29. The Morgan fingerprint density at radius 3 is 2.65 bits per heavy atom. The Labute approximate surface area is 105 Å². The van der Waals surface area contributed by atoms with Gasteiger partial charge < -0.3 is 10.6 Å². The Hall–Kier alpha value is -0.860. The summed E-state index contributed by atoms with van der Waals surface area (Å²) in [5.74, 6) is 0.920. The van der Waals surface area contributed by atoms with Gasteiger partial charge in [0.1, 0.15) is 0 Å². The second-order valence-corrected chi connectivity index (χ2v) is 5.48. The topological polar surface area (TPSA) is 29.3 Å². The maximum Gasteiger partial charge on any atom is 0.0426 e. The molecule has 1 fully saturated rings. The minimum Gasteiger partial charge on any atom is -0.323 e. The molecule has 0 aliphatic heterocycles. The molecule has 2 heteroatoms. The van der Waals surface area contributed by atoms with Crippen LogP contribution in [0.2, 0.25) is 0 Å². The minimum absolute atomic E-state index is 0.140. The fourth-order valence-corrected chi connectivity index (χ4v) is 2.63. The zero-order valence-corrected chi connectivity index (χ0v) is 11.0. The lowest BCUT2D eigenvalue weighted by Gasteiger charge is -2.31. The van der Waals surface area contributed by atoms with E-state index in [0.717, 1.165) is 12.5 Å². The number of hydrogen-bond acceptors (Lipinski definition) is 2. The maximum absolute atomic E-state index is 6.29. The van der Waals surface area contributed by atoms with Gasteiger partial charge >= 0.3 is 0 Å². The van der Waals surface area contributed by atoms with Crippen LogP contribution < -0.4 is 5.73 Å². The summed E-state index contributed by atoms with van der Waals surface area (Å²) in [4.78, 5) is 2.39. The van der Waals surface area contributed by atoms with Gasteiger partial charge in [0.25, 0.3) is 0 Å². The average Bonchev–Trinajstić information content (AvgIpc) is 2.24. The monoisotopic (exact) mass is 232 g/mol. The number of benzene rings is 1. The van der Waals surface area contributed by atoms with Crippen molar-refractivity contribution in [3.05, 3.63) is 35.4 Å². The van der Waals surface area contributed by atoms with Gasteiger partial charge in [0.2, 0.25) is 0 Å². The number of hydrogen-bond donors (Lipinski definition) is 1. The molecular weight excluding hydrogens is 208 g/mol. The van der Waals surface area contributed by atoms with Crippen LogP contribution in [0.1, 0.15) is 36.4 Å². The summed E-state index contributed by atoms with van der Waals surface area (Å²) in [6.45, 7) is 4.31. The molecule has 0 spiro atoms. The Bertz CT molecular complexity index is 358. The number of likely N-dealkylation sites (N-methyl/N-ethyl adjacent to an activating group) is 1. The third kappa shape index (κ3) is 3.30. The Morgan fingerprint density at radius 2 is 2.06 bits per heavy atom. The third-order valence-electron chi connectivity index (χ3n) is 3.89. The van der Waals surface area contributed by atoms with Crippen molar-refractivity contribution in [2.24, 2.45) is 11.7 Å². The van der Waals surface area contributed by atoms with E-state index in [4.69, 9.17) is 5.73 Å². The van der Waals surface area contributed by atoms with Crippen LogP contribution in [0.5, 0.6) is 0 Å². The molecule has 1 atom stereocenters. The van der Waals surface area contributed by atoms with Gasteiger partial charge in [-0.1, -0.05) is 30.7 Å². The highest BCUT2D eigenvalue weighted by Crippen LogP contribution is 2.27. The molecule has 0 bridgehead atoms. The zero-order valence-electron chi connectivity index (χ0n) is 11.0. The van der Waals surface area contributed by atoms with Crippen LogP contribution in [0.15, 0.2) is 24.3 Å². The summed E-state index contributed by atoms with van der Waals surface area (Å²) in [6.07, 6.45) is 4.23. The van der Waals surface area contributed by atoms with Gasteiger partial charge in [-0.15, -0.1) is 0 Å². The smallest absolute Gasteiger partial charge is 0.0426 e. The van der Waals surface area contributed by atoms with Crippen LogP contribution in [-0.4, -0.2) is 25.0 Å². The van der Waals surface area contributed by atoms with Crippen LogP contribution in [-0.2, 0) is 0 Å². The molecule has 1 aliphatic carbocycles. The van der Waals surface area contributed by atoms with Crippen molar-refractivity contribution in [1.82, 2.24) is 4.90 Å². The molecule has 1 aromatic carbocycles. The van der Waals surface area contributed by atoms with E-state index in [1.54, 1.807) is 0 Å². The molecule has 0 amide bonds. The van der Waals surface area contributed by atoms with Crippen LogP contribution in [0.4, 0.5) is 0 Å². The molecule has 2 rings (SSSR count). The van der Waals surface area contributed by atoms with Crippen LogP contribution in [0, 0.1) is 12.8 Å². The molecule has 2 N–H and O–H groups in total. The fourth-order valence-electron chi connectivity index (χ4n) is 2.63. The molecule has 0 heterocycles. The first kappa shape index (κ1) is 12.6. The number of aryl methyl sites for hydroxylation is 1. The van der Waals surface area contributed by atoms with Gasteiger partial charge in [0, 0.05) is 19.1 Å². The second-order valence-electron chi connectivity index (χ2n) is 5.48. The van der Waals surface area contributed by atoms with Gasteiger partial charge in [-0.2, -0.15) is 0 Å². The van der Waals surface area contributed by atoms with E-state index in [9.17, 15) is 0 Å². The lowest BCUT2D eigenvalue weighted by molar-refractivity contribution is 0.198. The lowest BCUT2D eigenvalue weighted by atomic mass is 9.85. The van der Waals surface area contributed by atoms with E-state index in [1.807, 2.05) is 0 Å². The Morgan fingerprint density at radius 1 is 1.35 bits per heavy atom. The van der Waals surface area contributed by atoms with Crippen molar-refractivity contribution >= 4 is 0 Å². The van der Waals surface area contributed by atoms with Gasteiger partial charge in [-0.05, 0) is 43.9 Å². The van der Waals surface area contributed by atoms with Crippen LogP contribution in [0.3, 0.4) is 0 Å². The van der Waals surface area contributed by atoms with Crippen molar-refractivity contribution in [1.29, 1.82) is 0 Å². The van der Waals surface area contributed by atoms with Crippen LogP contribution >= 0.6 is 0 Å². The minimum atomic E-state index is 0.140. The van der Waals surface area contributed by atoms with E-state index in [2.05, 4.69) is 43.1 Å². The average molecular weight is 232 g/mol. The van der Waals surface area contributed by atoms with E-state index < -0.39 is 0 Å². The summed E-state index contributed by atoms with van der Waals surface area (Å²) < 4.78 is 0. The van der Waals surface area contributed by atoms with Crippen molar-refractivity contribution < 1.29 is 0 Å². The molecule has 94 valence electrons. The number of nitrogens with two attached hydrogens (primary N) is 1. The molecule has 1 unspecified atom stereocenters. The Kier molecular flexibility index (Phi) is 4.19. The molecule has 1 aliphatic rings. The highest BCUT2D eigenvalue weighted by molar-refractivity contribution is 5.28.